The number of aliphatic hydroxyl groups excluding tert-OH is 1. The number of aliphatic hydroxyl groups is 1. The van der Waals surface area contributed by atoms with Crippen molar-refractivity contribution in [1.82, 2.24) is 4.72 Å². The van der Waals surface area contributed by atoms with Crippen LogP contribution in [0.4, 0.5) is 0 Å². The van der Waals surface area contributed by atoms with E-state index in [0.29, 0.717) is 6.42 Å². The van der Waals surface area contributed by atoms with E-state index >= 15 is 0 Å². The molecule has 0 saturated heterocycles. The summed E-state index contributed by atoms with van der Waals surface area (Å²) in [6, 6.07) is 4.68. The molecule has 2 unspecified atom stereocenters. The highest BCUT2D eigenvalue weighted by molar-refractivity contribution is 7.89. The number of nitrogens with one attached hydrogen (secondary N) is 1. The van der Waals surface area contributed by atoms with E-state index in [-0.39, 0.29) is 16.5 Å². The molecule has 1 aromatic rings. The Morgan fingerprint density at radius 2 is 1.85 bits per heavy atom. The molecule has 1 fully saturated rings. The van der Waals surface area contributed by atoms with E-state index in [1.165, 1.54) is 24.3 Å². The van der Waals surface area contributed by atoms with Gasteiger partial charge in [0.05, 0.1) is 16.6 Å². The Labute approximate surface area is 117 Å². The second-order valence-electron chi connectivity index (χ2n) is 5.58. The van der Waals surface area contributed by atoms with Crippen LogP contribution in [0.1, 0.15) is 30.6 Å². The van der Waals surface area contributed by atoms with Crippen molar-refractivity contribution in [2.45, 2.75) is 37.3 Å². The molecule has 0 radical (unpaired) electrons. The lowest BCUT2D eigenvalue weighted by Crippen LogP contribution is -2.61. The van der Waals surface area contributed by atoms with Gasteiger partial charge in [0.2, 0.25) is 10.0 Å². The maximum absolute atomic E-state index is 12.2. The Kier molecular flexibility index (Phi) is 3.62. The molecule has 1 saturated carbocycles. The zero-order valence-corrected chi connectivity index (χ0v) is 12.0. The minimum absolute atomic E-state index is 0.0136. The molecule has 3 N–H and O–H groups in total. The average molecular weight is 299 g/mol. The molecular weight excluding hydrogens is 282 g/mol. The number of carboxylic acids is 1. The van der Waals surface area contributed by atoms with E-state index in [1.807, 2.05) is 0 Å². The summed E-state index contributed by atoms with van der Waals surface area (Å²) in [6.07, 6.45) is -0.149. The van der Waals surface area contributed by atoms with Gasteiger partial charge in [-0.05, 0) is 30.7 Å². The number of aromatic carboxylic acids is 1. The van der Waals surface area contributed by atoms with Gasteiger partial charge < -0.3 is 10.2 Å². The van der Waals surface area contributed by atoms with E-state index in [1.54, 1.807) is 13.8 Å². The maximum Gasteiger partial charge on any atom is 0.335 e. The third-order valence-corrected chi connectivity index (χ3v) is 5.41. The molecule has 0 heterocycles. The van der Waals surface area contributed by atoms with E-state index in [4.69, 9.17) is 5.11 Å². The first-order valence-corrected chi connectivity index (χ1v) is 7.66. The van der Waals surface area contributed by atoms with Crippen LogP contribution in [0.25, 0.3) is 0 Å². The van der Waals surface area contributed by atoms with Gasteiger partial charge in [0, 0.05) is 11.5 Å². The summed E-state index contributed by atoms with van der Waals surface area (Å²) in [4.78, 5) is 10.7. The van der Waals surface area contributed by atoms with E-state index in [2.05, 4.69) is 4.72 Å². The van der Waals surface area contributed by atoms with E-state index in [0.717, 1.165) is 0 Å². The third-order valence-electron chi connectivity index (χ3n) is 3.92. The van der Waals surface area contributed by atoms with Crippen molar-refractivity contribution in [2.24, 2.45) is 5.41 Å². The lowest BCUT2D eigenvalue weighted by atomic mass is 9.65. The Hall–Kier alpha value is -1.44. The van der Waals surface area contributed by atoms with Crippen molar-refractivity contribution < 1.29 is 23.4 Å². The fourth-order valence-electron chi connectivity index (χ4n) is 2.13. The van der Waals surface area contributed by atoms with Crippen molar-refractivity contribution in [3.05, 3.63) is 29.8 Å². The van der Waals surface area contributed by atoms with Crippen LogP contribution in [-0.2, 0) is 10.0 Å². The highest BCUT2D eigenvalue weighted by atomic mass is 32.2. The number of rotatable bonds is 4. The van der Waals surface area contributed by atoms with Crippen LogP contribution in [0.5, 0.6) is 0 Å². The standard InChI is InChI=1S/C13H17NO5S/c1-13(2)10(7-11(13)15)14-20(18,19)9-5-3-8(4-6-9)12(16)17/h3-6,10-11,14-15H,7H2,1-2H3,(H,16,17). The number of carboxylic acid groups (broad SMARTS) is 1. The van der Waals surface area contributed by atoms with Crippen LogP contribution in [0.2, 0.25) is 0 Å². The molecule has 1 aliphatic rings. The van der Waals surface area contributed by atoms with Crippen molar-refractivity contribution >= 4 is 16.0 Å². The van der Waals surface area contributed by atoms with Crippen LogP contribution in [0.3, 0.4) is 0 Å². The average Bonchev–Trinajstić information content (AvgIpc) is 2.38. The Bertz CT molecular complexity index is 621. The smallest absolute Gasteiger partial charge is 0.335 e. The van der Waals surface area contributed by atoms with Gasteiger partial charge in [-0.3, -0.25) is 0 Å². The summed E-state index contributed by atoms with van der Waals surface area (Å²) < 4.78 is 26.9. The summed E-state index contributed by atoms with van der Waals surface area (Å²) >= 11 is 0. The molecule has 2 atom stereocenters. The monoisotopic (exact) mass is 299 g/mol. The van der Waals surface area contributed by atoms with Crippen molar-refractivity contribution in [2.75, 3.05) is 0 Å². The summed E-state index contributed by atoms with van der Waals surface area (Å²) in [5.74, 6) is -1.11. The second kappa shape index (κ2) is 4.83. The van der Waals surface area contributed by atoms with Crippen LogP contribution < -0.4 is 4.72 Å². The molecule has 20 heavy (non-hydrogen) atoms. The van der Waals surface area contributed by atoms with Crippen molar-refractivity contribution in [1.29, 1.82) is 0 Å². The minimum atomic E-state index is -3.71. The van der Waals surface area contributed by atoms with Gasteiger partial charge in [-0.2, -0.15) is 0 Å². The quantitative estimate of drug-likeness (QED) is 0.763. The molecule has 1 aromatic carbocycles. The normalized spacial score (nSPS) is 24.9. The van der Waals surface area contributed by atoms with Crippen LogP contribution >= 0.6 is 0 Å². The molecule has 0 aromatic heterocycles. The van der Waals surface area contributed by atoms with Crippen molar-refractivity contribution in [3.63, 3.8) is 0 Å². The number of hydrogen-bond acceptors (Lipinski definition) is 4. The van der Waals surface area contributed by atoms with Crippen LogP contribution in [0.15, 0.2) is 29.2 Å². The Morgan fingerprint density at radius 3 is 2.25 bits per heavy atom. The summed E-state index contributed by atoms with van der Waals surface area (Å²) in [5, 5.41) is 18.4. The lowest BCUT2D eigenvalue weighted by molar-refractivity contribution is -0.0645. The zero-order chi connectivity index (χ0) is 15.1. The van der Waals surface area contributed by atoms with Crippen molar-refractivity contribution in [3.8, 4) is 0 Å². The first kappa shape index (κ1) is 15.0. The van der Waals surface area contributed by atoms with Crippen LogP contribution in [0, 0.1) is 5.41 Å². The third kappa shape index (κ3) is 2.56. The Morgan fingerprint density at radius 1 is 1.30 bits per heavy atom. The molecule has 0 spiro atoms. The predicted octanol–water partition coefficient (Wildman–Crippen LogP) is 0.822. The number of sulfonamides is 1. The molecule has 1 aliphatic carbocycles. The second-order valence-corrected chi connectivity index (χ2v) is 7.29. The zero-order valence-electron chi connectivity index (χ0n) is 11.2. The summed E-state index contributed by atoms with van der Waals surface area (Å²) in [6.45, 7) is 3.59. The first-order valence-electron chi connectivity index (χ1n) is 6.18. The van der Waals surface area contributed by atoms with Gasteiger partial charge >= 0.3 is 5.97 Å². The number of hydrogen-bond donors (Lipinski definition) is 3. The topological polar surface area (TPSA) is 104 Å². The van der Waals surface area contributed by atoms with E-state index < -0.39 is 27.5 Å². The predicted molar refractivity (Wildman–Crippen MR) is 71.9 cm³/mol. The lowest BCUT2D eigenvalue weighted by Gasteiger charge is -2.49. The molecule has 0 bridgehead atoms. The largest absolute Gasteiger partial charge is 0.478 e. The molecule has 110 valence electrons. The molecular formula is C13H17NO5S. The summed E-state index contributed by atoms with van der Waals surface area (Å²) in [7, 11) is -3.71. The molecule has 6 nitrogen and oxygen atoms in total. The van der Waals surface area contributed by atoms with Gasteiger partial charge in [0.1, 0.15) is 0 Å². The van der Waals surface area contributed by atoms with Gasteiger partial charge in [0.15, 0.2) is 0 Å². The minimum Gasteiger partial charge on any atom is -0.478 e. The highest BCUT2D eigenvalue weighted by Crippen LogP contribution is 2.41. The first-order chi connectivity index (χ1) is 9.14. The SMILES string of the molecule is CC1(C)C(O)CC1NS(=O)(=O)c1ccc(C(=O)O)cc1. The van der Waals surface area contributed by atoms with E-state index in [9.17, 15) is 18.3 Å². The maximum atomic E-state index is 12.2. The Balaban J connectivity index is 2.17. The highest BCUT2D eigenvalue weighted by Gasteiger charge is 2.48. The molecule has 2 rings (SSSR count). The van der Waals surface area contributed by atoms with Gasteiger partial charge in [-0.25, -0.2) is 17.9 Å². The molecule has 0 aliphatic heterocycles. The summed E-state index contributed by atoms with van der Waals surface area (Å²) in [5.41, 5.74) is -0.475. The number of benzene rings is 1. The molecule has 0 amide bonds. The number of carbonyl (C=O) groups is 1. The fraction of sp³-hybridized carbons (Fsp3) is 0.462. The fourth-order valence-corrected chi connectivity index (χ4v) is 3.54. The van der Waals surface area contributed by atoms with Gasteiger partial charge in [-0.15, -0.1) is 0 Å². The molecule has 7 heteroatoms. The van der Waals surface area contributed by atoms with Gasteiger partial charge in [0.25, 0.3) is 0 Å². The van der Waals surface area contributed by atoms with Gasteiger partial charge in [-0.1, -0.05) is 13.8 Å². The van der Waals surface area contributed by atoms with Crippen LogP contribution in [-0.4, -0.2) is 36.7 Å².